The van der Waals surface area contributed by atoms with Gasteiger partial charge in [0.1, 0.15) is 6.33 Å². The number of anilines is 1. The van der Waals surface area contributed by atoms with Crippen molar-refractivity contribution in [3.8, 4) is 5.88 Å². The number of aromatic nitrogens is 2. The summed E-state index contributed by atoms with van der Waals surface area (Å²) < 4.78 is 5.30. The van der Waals surface area contributed by atoms with Crippen LogP contribution in [-0.4, -0.2) is 27.0 Å². The summed E-state index contributed by atoms with van der Waals surface area (Å²) in [4.78, 5) is 18.1. The highest BCUT2D eigenvalue weighted by molar-refractivity contribution is 5.61. The lowest BCUT2D eigenvalue weighted by Crippen LogP contribution is -2.15. The molecule has 0 aliphatic carbocycles. The molecular formula is C10H16N4O3. The van der Waals surface area contributed by atoms with Crippen molar-refractivity contribution in [1.82, 2.24) is 9.97 Å². The molecule has 0 amide bonds. The first kappa shape index (κ1) is 13.1. The van der Waals surface area contributed by atoms with Gasteiger partial charge in [-0.2, -0.15) is 4.98 Å². The third-order valence-electron chi connectivity index (χ3n) is 1.74. The van der Waals surface area contributed by atoms with Crippen LogP contribution in [0.25, 0.3) is 0 Å². The van der Waals surface area contributed by atoms with E-state index in [0.29, 0.717) is 0 Å². The molecule has 0 radical (unpaired) electrons. The molecule has 0 atom stereocenters. The topological polar surface area (TPSA) is 90.2 Å². The van der Waals surface area contributed by atoms with Crippen LogP contribution in [0.2, 0.25) is 0 Å². The van der Waals surface area contributed by atoms with E-state index >= 15 is 0 Å². The summed E-state index contributed by atoms with van der Waals surface area (Å²) in [5.41, 5.74) is -0.227. The van der Waals surface area contributed by atoms with Gasteiger partial charge < -0.3 is 10.1 Å². The molecule has 1 heterocycles. The Balaban J connectivity index is 3.17. The fourth-order valence-corrected chi connectivity index (χ4v) is 1.22. The summed E-state index contributed by atoms with van der Waals surface area (Å²) in [7, 11) is 0. The van der Waals surface area contributed by atoms with E-state index in [0.717, 1.165) is 0 Å². The largest absolute Gasteiger partial charge is 0.470 e. The third kappa shape index (κ3) is 3.54. The minimum atomic E-state index is -0.539. The second kappa shape index (κ2) is 5.42. The minimum absolute atomic E-state index is 0.0110. The molecule has 0 saturated carbocycles. The Kier molecular flexibility index (Phi) is 4.19. The molecule has 0 saturated heterocycles. The fourth-order valence-electron chi connectivity index (χ4n) is 1.22. The summed E-state index contributed by atoms with van der Waals surface area (Å²) in [6.45, 7) is 7.30. The van der Waals surface area contributed by atoms with Crippen LogP contribution < -0.4 is 10.1 Å². The molecule has 0 spiro atoms. The third-order valence-corrected chi connectivity index (χ3v) is 1.74. The van der Waals surface area contributed by atoms with Gasteiger partial charge in [-0.15, -0.1) is 0 Å². The average molecular weight is 240 g/mol. The first-order valence-corrected chi connectivity index (χ1v) is 5.34. The Morgan fingerprint density at radius 1 is 1.35 bits per heavy atom. The van der Waals surface area contributed by atoms with E-state index in [2.05, 4.69) is 15.3 Å². The maximum absolute atomic E-state index is 11.0. The molecule has 1 aromatic rings. The van der Waals surface area contributed by atoms with Crippen LogP contribution in [-0.2, 0) is 0 Å². The van der Waals surface area contributed by atoms with Crippen molar-refractivity contribution < 1.29 is 9.66 Å². The zero-order valence-electron chi connectivity index (χ0n) is 10.3. The van der Waals surface area contributed by atoms with Crippen LogP contribution >= 0.6 is 0 Å². The van der Waals surface area contributed by atoms with Crippen molar-refractivity contribution in [1.29, 1.82) is 0 Å². The van der Waals surface area contributed by atoms with E-state index in [9.17, 15) is 10.1 Å². The molecule has 0 bridgehead atoms. The maximum atomic E-state index is 11.0. The van der Waals surface area contributed by atoms with E-state index in [1.807, 2.05) is 13.8 Å². The van der Waals surface area contributed by atoms with E-state index < -0.39 is 4.92 Å². The molecule has 7 nitrogen and oxygen atoms in total. The average Bonchev–Trinajstić information content (AvgIpc) is 2.14. The van der Waals surface area contributed by atoms with Gasteiger partial charge in [0.2, 0.25) is 5.82 Å². The zero-order valence-corrected chi connectivity index (χ0v) is 10.3. The highest BCUT2D eigenvalue weighted by atomic mass is 16.6. The van der Waals surface area contributed by atoms with Crippen molar-refractivity contribution in [3.05, 3.63) is 16.4 Å². The summed E-state index contributed by atoms with van der Waals surface area (Å²) in [6.07, 6.45) is 1.06. The number of nitrogens with zero attached hydrogens (tertiary/aromatic N) is 3. The molecule has 17 heavy (non-hydrogen) atoms. The molecule has 0 aromatic carbocycles. The lowest BCUT2D eigenvalue weighted by atomic mass is 10.3. The summed E-state index contributed by atoms with van der Waals surface area (Å²) in [6, 6.07) is 0.0375. The number of nitrogens with one attached hydrogen (secondary N) is 1. The van der Waals surface area contributed by atoms with Crippen molar-refractivity contribution in [2.24, 2.45) is 0 Å². The molecular weight excluding hydrogens is 224 g/mol. The Hall–Kier alpha value is -1.92. The van der Waals surface area contributed by atoms with Gasteiger partial charge in [0, 0.05) is 6.04 Å². The van der Waals surface area contributed by atoms with Crippen molar-refractivity contribution in [3.63, 3.8) is 0 Å². The van der Waals surface area contributed by atoms with E-state index in [1.165, 1.54) is 6.33 Å². The van der Waals surface area contributed by atoms with Crippen molar-refractivity contribution in [2.45, 2.75) is 39.8 Å². The Labute approximate surface area is 99.4 Å². The molecule has 0 aliphatic rings. The van der Waals surface area contributed by atoms with E-state index in [1.54, 1.807) is 13.8 Å². The SMILES string of the molecule is CC(C)Nc1ncnc(OC(C)C)c1[N+](=O)[O-]. The van der Waals surface area contributed by atoms with Gasteiger partial charge in [-0.25, -0.2) is 4.98 Å². The predicted octanol–water partition coefficient (Wildman–Crippen LogP) is 1.99. The predicted molar refractivity (Wildman–Crippen MR) is 63.2 cm³/mol. The van der Waals surface area contributed by atoms with E-state index in [4.69, 9.17) is 4.74 Å². The first-order valence-electron chi connectivity index (χ1n) is 5.34. The molecule has 1 N–H and O–H groups in total. The highest BCUT2D eigenvalue weighted by Crippen LogP contribution is 2.31. The normalized spacial score (nSPS) is 10.7. The summed E-state index contributed by atoms with van der Waals surface area (Å²) in [5.74, 6) is 0.166. The molecule has 7 heteroatoms. The maximum Gasteiger partial charge on any atom is 0.372 e. The second-order valence-corrected chi connectivity index (χ2v) is 4.10. The molecule has 0 aliphatic heterocycles. The van der Waals surface area contributed by atoms with Crippen molar-refractivity contribution in [2.75, 3.05) is 5.32 Å². The molecule has 0 fully saturated rings. The number of rotatable bonds is 5. The minimum Gasteiger partial charge on any atom is -0.470 e. The van der Waals surface area contributed by atoms with Gasteiger partial charge in [0.05, 0.1) is 11.0 Å². The number of ether oxygens (including phenoxy) is 1. The van der Waals surface area contributed by atoms with Gasteiger partial charge in [0.15, 0.2) is 0 Å². The Morgan fingerprint density at radius 2 is 2.00 bits per heavy atom. The van der Waals surface area contributed by atoms with Crippen LogP contribution in [0.15, 0.2) is 6.33 Å². The van der Waals surface area contributed by atoms with Crippen molar-refractivity contribution >= 4 is 11.5 Å². The lowest BCUT2D eigenvalue weighted by molar-refractivity contribution is -0.385. The first-order chi connectivity index (χ1) is 7.91. The van der Waals surface area contributed by atoms with Crippen LogP contribution in [0.4, 0.5) is 11.5 Å². The van der Waals surface area contributed by atoms with Crippen LogP contribution in [0.5, 0.6) is 5.88 Å². The Morgan fingerprint density at radius 3 is 2.47 bits per heavy atom. The standard InChI is InChI=1S/C10H16N4O3/c1-6(2)13-9-8(14(15)16)10(12-5-11-9)17-7(3)4/h5-7H,1-4H3,(H,11,12,13). The highest BCUT2D eigenvalue weighted by Gasteiger charge is 2.25. The van der Waals surface area contributed by atoms with Gasteiger partial charge in [-0.3, -0.25) is 10.1 Å². The van der Waals surface area contributed by atoms with Crippen LogP contribution in [0.3, 0.4) is 0 Å². The number of nitro groups is 1. The van der Waals surface area contributed by atoms with Gasteiger partial charge in [-0.05, 0) is 27.7 Å². The summed E-state index contributed by atoms with van der Waals surface area (Å²) >= 11 is 0. The quantitative estimate of drug-likeness (QED) is 0.625. The molecule has 1 rings (SSSR count). The Bertz CT molecular complexity index is 378. The smallest absolute Gasteiger partial charge is 0.372 e. The zero-order chi connectivity index (χ0) is 13.0. The molecule has 94 valence electrons. The number of hydrogen-bond donors (Lipinski definition) is 1. The fraction of sp³-hybridized carbons (Fsp3) is 0.600. The second-order valence-electron chi connectivity index (χ2n) is 4.10. The number of hydrogen-bond acceptors (Lipinski definition) is 6. The summed E-state index contributed by atoms with van der Waals surface area (Å²) in [5, 5.41) is 13.9. The molecule has 0 unspecified atom stereocenters. The monoisotopic (exact) mass is 240 g/mol. The van der Waals surface area contributed by atoms with E-state index in [-0.39, 0.29) is 29.5 Å². The van der Waals surface area contributed by atoms with Gasteiger partial charge in [-0.1, -0.05) is 0 Å². The van der Waals surface area contributed by atoms with Crippen LogP contribution in [0.1, 0.15) is 27.7 Å². The lowest BCUT2D eigenvalue weighted by Gasteiger charge is -2.12. The molecule has 1 aromatic heterocycles. The van der Waals surface area contributed by atoms with Crippen LogP contribution in [0, 0.1) is 10.1 Å². The van der Waals surface area contributed by atoms with Gasteiger partial charge in [0.25, 0.3) is 5.88 Å². The van der Waals surface area contributed by atoms with Gasteiger partial charge >= 0.3 is 5.69 Å².